The third kappa shape index (κ3) is 5.30. The highest BCUT2D eigenvalue weighted by Gasteiger charge is 2.38. The molecule has 1 aliphatic heterocycles. The van der Waals surface area contributed by atoms with Gasteiger partial charge in [0.05, 0.1) is 17.6 Å². The molecule has 2 aromatic rings. The Morgan fingerprint density at radius 1 is 1.19 bits per heavy atom. The first-order valence-corrected chi connectivity index (χ1v) is 10.8. The molecule has 3 rings (SSSR count). The molecule has 0 aliphatic carbocycles. The molecule has 1 aliphatic rings. The Balaban J connectivity index is 1.67. The van der Waals surface area contributed by atoms with Crippen LogP contribution in [0, 0.1) is 6.92 Å². The van der Waals surface area contributed by atoms with E-state index in [1.165, 1.54) is 16.8 Å². The van der Waals surface area contributed by atoms with E-state index in [1.54, 1.807) is 20.8 Å². The van der Waals surface area contributed by atoms with Gasteiger partial charge in [0.15, 0.2) is 0 Å². The standard InChI is InChI=1S/C22H32N6O4/c1-15-25-16-8-6-7-9-17(16)27(15)11-10-24-19(29)18-14-26(21(31)32-22(2,3)4)12-13-28(18)20(30)23-5/h6-9,18H,10-14H2,1-5H3,(H,23,30)(H,24,29)/t18-/m1/s1. The summed E-state index contributed by atoms with van der Waals surface area (Å²) in [6.07, 6.45) is -0.493. The van der Waals surface area contributed by atoms with E-state index < -0.39 is 17.7 Å². The van der Waals surface area contributed by atoms with Crippen LogP contribution in [0.1, 0.15) is 26.6 Å². The summed E-state index contributed by atoms with van der Waals surface area (Å²) >= 11 is 0. The average molecular weight is 445 g/mol. The van der Waals surface area contributed by atoms with Crippen LogP contribution in [0.5, 0.6) is 0 Å². The second-order valence-corrected chi connectivity index (χ2v) is 8.78. The smallest absolute Gasteiger partial charge is 0.410 e. The van der Waals surface area contributed by atoms with Gasteiger partial charge >= 0.3 is 12.1 Å². The Morgan fingerprint density at radius 2 is 1.91 bits per heavy atom. The predicted molar refractivity (Wildman–Crippen MR) is 120 cm³/mol. The van der Waals surface area contributed by atoms with Crippen molar-refractivity contribution in [1.29, 1.82) is 0 Å². The van der Waals surface area contributed by atoms with E-state index in [1.807, 2.05) is 35.8 Å². The first-order valence-electron chi connectivity index (χ1n) is 10.8. The number of rotatable bonds is 4. The van der Waals surface area contributed by atoms with Crippen LogP contribution in [0.3, 0.4) is 0 Å². The third-order valence-corrected chi connectivity index (χ3v) is 5.29. The highest BCUT2D eigenvalue weighted by molar-refractivity contribution is 5.88. The van der Waals surface area contributed by atoms with Crippen molar-refractivity contribution in [3.05, 3.63) is 30.1 Å². The van der Waals surface area contributed by atoms with Crippen LogP contribution < -0.4 is 10.6 Å². The van der Waals surface area contributed by atoms with E-state index in [4.69, 9.17) is 4.74 Å². The number of piperazine rings is 1. The van der Waals surface area contributed by atoms with E-state index in [9.17, 15) is 14.4 Å². The number of hydrogen-bond donors (Lipinski definition) is 2. The molecule has 0 spiro atoms. The minimum atomic E-state index is -0.808. The molecular formula is C22H32N6O4. The van der Waals surface area contributed by atoms with E-state index in [2.05, 4.69) is 15.6 Å². The summed E-state index contributed by atoms with van der Waals surface area (Å²) in [5.41, 5.74) is 1.26. The summed E-state index contributed by atoms with van der Waals surface area (Å²) in [6, 6.07) is 6.67. The highest BCUT2D eigenvalue weighted by Crippen LogP contribution is 2.17. The van der Waals surface area contributed by atoms with Crippen LogP contribution >= 0.6 is 0 Å². The Kier molecular flexibility index (Phi) is 6.90. The van der Waals surface area contributed by atoms with E-state index >= 15 is 0 Å². The van der Waals surface area contributed by atoms with Gasteiger partial charge in [-0.2, -0.15) is 0 Å². The molecule has 10 heteroatoms. The number of imidazole rings is 1. The van der Waals surface area contributed by atoms with Crippen LogP contribution in [-0.2, 0) is 16.1 Å². The molecule has 2 N–H and O–H groups in total. The lowest BCUT2D eigenvalue weighted by molar-refractivity contribution is -0.127. The average Bonchev–Trinajstić information content (AvgIpc) is 3.06. The minimum Gasteiger partial charge on any atom is -0.444 e. The maximum Gasteiger partial charge on any atom is 0.410 e. The normalized spacial score (nSPS) is 16.7. The van der Waals surface area contributed by atoms with Gasteiger partial charge in [-0.3, -0.25) is 4.79 Å². The molecule has 0 radical (unpaired) electrons. The number of ether oxygens (including phenoxy) is 1. The molecule has 174 valence electrons. The first-order chi connectivity index (χ1) is 15.1. The molecule has 10 nitrogen and oxygen atoms in total. The van der Waals surface area contributed by atoms with Gasteiger partial charge in [-0.05, 0) is 39.8 Å². The lowest BCUT2D eigenvalue weighted by Crippen LogP contribution is -2.63. The molecule has 1 saturated heterocycles. The zero-order valence-corrected chi connectivity index (χ0v) is 19.3. The molecule has 1 atom stereocenters. The lowest BCUT2D eigenvalue weighted by Gasteiger charge is -2.40. The van der Waals surface area contributed by atoms with Crippen molar-refractivity contribution >= 4 is 29.1 Å². The van der Waals surface area contributed by atoms with E-state index in [0.717, 1.165) is 16.9 Å². The summed E-state index contributed by atoms with van der Waals surface area (Å²) in [5, 5.41) is 5.48. The zero-order valence-electron chi connectivity index (χ0n) is 19.3. The number of nitrogens with one attached hydrogen (secondary N) is 2. The van der Waals surface area contributed by atoms with E-state index in [-0.39, 0.29) is 25.0 Å². The summed E-state index contributed by atoms with van der Waals surface area (Å²) in [7, 11) is 1.52. The Morgan fingerprint density at radius 3 is 2.59 bits per heavy atom. The highest BCUT2D eigenvalue weighted by atomic mass is 16.6. The molecule has 0 bridgehead atoms. The summed E-state index contributed by atoms with van der Waals surface area (Å²) < 4.78 is 7.48. The van der Waals surface area contributed by atoms with Crippen molar-refractivity contribution < 1.29 is 19.1 Å². The third-order valence-electron chi connectivity index (χ3n) is 5.29. The summed E-state index contributed by atoms with van der Waals surface area (Å²) in [4.78, 5) is 45.3. The van der Waals surface area contributed by atoms with Gasteiger partial charge in [0, 0.05) is 33.2 Å². The number of carbonyl (C=O) groups is 3. The van der Waals surface area contributed by atoms with Crippen molar-refractivity contribution in [2.24, 2.45) is 0 Å². The number of urea groups is 1. The number of amides is 4. The van der Waals surface area contributed by atoms with Gasteiger partial charge in [0.2, 0.25) is 5.91 Å². The predicted octanol–water partition coefficient (Wildman–Crippen LogP) is 1.72. The number of para-hydroxylation sites is 2. The van der Waals surface area contributed by atoms with Gasteiger partial charge in [0.1, 0.15) is 17.5 Å². The van der Waals surface area contributed by atoms with Gasteiger partial charge < -0.3 is 29.7 Å². The van der Waals surface area contributed by atoms with Crippen LogP contribution in [0.25, 0.3) is 11.0 Å². The number of aromatic nitrogens is 2. The van der Waals surface area contributed by atoms with Crippen LogP contribution in [0.15, 0.2) is 24.3 Å². The fourth-order valence-corrected chi connectivity index (χ4v) is 3.77. The monoisotopic (exact) mass is 444 g/mol. The molecule has 4 amide bonds. The SMILES string of the molecule is CNC(=O)N1CCN(C(=O)OC(C)(C)C)C[C@@H]1C(=O)NCCn1c(C)nc2ccccc21. The van der Waals surface area contributed by atoms with Gasteiger partial charge in [0.25, 0.3) is 0 Å². The zero-order chi connectivity index (χ0) is 23.5. The summed E-state index contributed by atoms with van der Waals surface area (Å²) in [6.45, 7) is 8.81. The number of aryl methyl sites for hydroxylation is 1. The Hall–Kier alpha value is -3.30. The second-order valence-electron chi connectivity index (χ2n) is 8.78. The quantitative estimate of drug-likeness (QED) is 0.746. The van der Waals surface area contributed by atoms with Crippen molar-refractivity contribution in [2.75, 3.05) is 33.2 Å². The molecule has 32 heavy (non-hydrogen) atoms. The number of hydrogen-bond acceptors (Lipinski definition) is 5. The number of nitrogens with zero attached hydrogens (tertiary/aromatic N) is 4. The second kappa shape index (κ2) is 9.46. The van der Waals surface area contributed by atoms with Gasteiger partial charge in [-0.25, -0.2) is 14.6 Å². The molecule has 0 unspecified atom stereocenters. The Labute approximate surface area is 187 Å². The van der Waals surface area contributed by atoms with Crippen molar-refractivity contribution in [2.45, 2.75) is 45.9 Å². The molecule has 1 aromatic carbocycles. The van der Waals surface area contributed by atoms with Crippen LogP contribution in [-0.4, -0.2) is 82.3 Å². The Bertz CT molecular complexity index is 996. The van der Waals surface area contributed by atoms with Gasteiger partial charge in [-0.15, -0.1) is 0 Å². The number of fused-ring (bicyclic) bond motifs is 1. The largest absolute Gasteiger partial charge is 0.444 e. The maximum atomic E-state index is 13.0. The molecule has 1 aromatic heterocycles. The fraction of sp³-hybridized carbons (Fsp3) is 0.545. The minimum absolute atomic E-state index is 0.0706. The van der Waals surface area contributed by atoms with Crippen LogP contribution in [0.2, 0.25) is 0 Å². The van der Waals surface area contributed by atoms with Crippen molar-refractivity contribution in [1.82, 2.24) is 30.0 Å². The molecular weight excluding hydrogens is 412 g/mol. The first kappa shape index (κ1) is 23.4. The van der Waals surface area contributed by atoms with Gasteiger partial charge in [-0.1, -0.05) is 12.1 Å². The number of carbonyl (C=O) groups excluding carboxylic acids is 3. The van der Waals surface area contributed by atoms with E-state index in [0.29, 0.717) is 19.6 Å². The lowest BCUT2D eigenvalue weighted by atomic mass is 10.1. The van der Waals surface area contributed by atoms with Crippen LogP contribution in [0.4, 0.5) is 9.59 Å². The fourth-order valence-electron chi connectivity index (χ4n) is 3.77. The van der Waals surface area contributed by atoms with Crippen molar-refractivity contribution in [3.8, 4) is 0 Å². The summed E-state index contributed by atoms with van der Waals surface area (Å²) in [5.74, 6) is 0.546. The molecule has 0 saturated carbocycles. The molecule has 1 fully saturated rings. The molecule has 2 heterocycles. The number of benzene rings is 1. The topological polar surface area (TPSA) is 109 Å². The van der Waals surface area contributed by atoms with Crippen molar-refractivity contribution in [3.63, 3.8) is 0 Å². The maximum absolute atomic E-state index is 13.0.